The molecule has 2 amide bonds. The molecule has 0 saturated heterocycles. The van der Waals surface area contributed by atoms with Crippen LogP contribution in [0.3, 0.4) is 0 Å². The summed E-state index contributed by atoms with van der Waals surface area (Å²) >= 11 is 1.40. The van der Waals surface area contributed by atoms with Gasteiger partial charge in [-0.15, -0.1) is 11.3 Å². The Morgan fingerprint density at radius 3 is 2.70 bits per heavy atom. The van der Waals surface area contributed by atoms with E-state index in [0.717, 1.165) is 4.88 Å². The number of carbonyl (C=O) groups excluding carboxylic acids is 2. The molecule has 0 fully saturated rings. The maximum Gasteiger partial charge on any atom is 0.291 e. The number of anilines is 2. The van der Waals surface area contributed by atoms with Crippen molar-refractivity contribution in [3.05, 3.63) is 65.1 Å². The van der Waals surface area contributed by atoms with Gasteiger partial charge in [-0.3, -0.25) is 14.9 Å². The first-order valence-corrected chi connectivity index (χ1v) is 7.62. The number of aryl methyl sites for hydroxylation is 1. The second-order valence-corrected chi connectivity index (χ2v) is 5.98. The van der Waals surface area contributed by atoms with Gasteiger partial charge in [-0.25, -0.2) is 4.98 Å². The maximum atomic E-state index is 12.2. The van der Waals surface area contributed by atoms with Crippen molar-refractivity contribution in [3.8, 4) is 0 Å². The zero-order valence-electron chi connectivity index (χ0n) is 12.2. The summed E-state index contributed by atoms with van der Waals surface area (Å²) in [4.78, 5) is 29.3. The van der Waals surface area contributed by atoms with Crippen LogP contribution in [0.25, 0.3) is 0 Å². The third kappa shape index (κ3) is 3.64. The summed E-state index contributed by atoms with van der Waals surface area (Å²) in [6.07, 6.45) is 3.12. The Bertz CT molecular complexity index is 840. The van der Waals surface area contributed by atoms with Crippen molar-refractivity contribution < 1.29 is 14.0 Å². The van der Waals surface area contributed by atoms with Gasteiger partial charge in [0.2, 0.25) is 0 Å². The van der Waals surface area contributed by atoms with Gasteiger partial charge in [0.15, 0.2) is 10.9 Å². The van der Waals surface area contributed by atoms with Crippen molar-refractivity contribution in [2.24, 2.45) is 0 Å². The van der Waals surface area contributed by atoms with Crippen LogP contribution >= 0.6 is 11.3 Å². The summed E-state index contributed by atoms with van der Waals surface area (Å²) in [5.41, 5.74) is 0.935. The third-order valence-electron chi connectivity index (χ3n) is 2.97. The number of aromatic nitrogens is 1. The molecule has 7 heteroatoms. The van der Waals surface area contributed by atoms with E-state index in [4.69, 9.17) is 4.42 Å². The topological polar surface area (TPSA) is 84.2 Å². The second kappa shape index (κ2) is 6.45. The van der Waals surface area contributed by atoms with E-state index in [1.807, 2.05) is 6.92 Å². The minimum absolute atomic E-state index is 0.207. The summed E-state index contributed by atoms with van der Waals surface area (Å²) in [6, 6.07) is 9.85. The Labute approximate surface area is 136 Å². The number of carbonyl (C=O) groups is 2. The summed E-state index contributed by atoms with van der Waals surface area (Å²) in [7, 11) is 0. The Kier molecular flexibility index (Phi) is 4.20. The summed E-state index contributed by atoms with van der Waals surface area (Å²) < 4.78 is 5.03. The lowest BCUT2D eigenvalue weighted by atomic mass is 10.2. The molecule has 23 heavy (non-hydrogen) atoms. The van der Waals surface area contributed by atoms with E-state index in [-0.39, 0.29) is 17.6 Å². The van der Waals surface area contributed by atoms with Gasteiger partial charge in [-0.05, 0) is 37.3 Å². The highest BCUT2D eigenvalue weighted by atomic mass is 32.1. The molecule has 0 spiro atoms. The van der Waals surface area contributed by atoms with Crippen LogP contribution in [0.15, 0.2) is 53.3 Å². The molecule has 0 radical (unpaired) electrons. The standard InChI is InChI=1S/C16H13N3O3S/c1-10-9-17-16(23-10)19-14(20)11-4-2-5-12(8-11)18-15(21)13-6-3-7-22-13/h2-9H,1H3,(H,18,21)(H,17,19,20). The monoisotopic (exact) mass is 327 g/mol. The molecule has 0 bridgehead atoms. The molecule has 116 valence electrons. The Hall–Kier alpha value is -2.93. The van der Waals surface area contributed by atoms with Gasteiger partial charge >= 0.3 is 0 Å². The molecule has 1 aromatic carbocycles. The molecule has 3 aromatic rings. The van der Waals surface area contributed by atoms with Crippen LogP contribution in [-0.4, -0.2) is 16.8 Å². The van der Waals surface area contributed by atoms with Gasteiger partial charge in [-0.1, -0.05) is 6.07 Å². The lowest BCUT2D eigenvalue weighted by Gasteiger charge is -2.06. The maximum absolute atomic E-state index is 12.2. The number of hydrogen-bond acceptors (Lipinski definition) is 5. The van der Waals surface area contributed by atoms with E-state index in [2.05, 4.69) is 15.6 Å². The molecule has 0 aliphatic heterocycles. The average molecular weight is 327 g/mol. The number of thiazole rings is 1. The van der Waals surface area contributed by atoms with E-state index in [1.54, 1.807) is 42.6 Å². The number of nitrogens with zero attached hydrogens (tertiary/aromatic N) is 1. The largest absolute Gasteiger partial charge is 0.459 e. The molecule has 2 aromatic heterocycles. The SMILES string of the molecule is Cc1cnc(NC(=O)c2cccc(NC(=O)c3ccco3)c2)s1. The fourth-order valence-electron chi connectivity index (χ4n) is 1.92. The van der Waals surface area contributed by atoms with Gasteiger partial charge in [0.25, 0.3) is 11.8 Å². The van der Waals surface area contributed by atoms with Crippen molar-refractivity contribution in [3.63, 3.8) is 0 Å². The van der Waals surface area contributed by atoms with Crippen molar-refractivity contribution in [1.82, 2.24) is 4.98 Å². The summed E-state index contributed by atoms with van der Waals surface area (Å²) in [6.45, 7) is 1.91. The van der Waals surface area contributed by atoms with Gasteiger partial charge in [0, 0.05) is 22.3 Å². The molecule has 0 aliphatic carbocycles. The van der Waals surface area contributed by atoms with Gasteiger partial charge in [0.05, 0.1) is 6.26 Å². The van der Waals surface area contributed by atoms with Crippen molar-refractivity contribution in [2.45, 2.75) is 6.92 Å². The fourth-order valence-corrected chi connectivity index (χ4v) is 2.58. The molecule has 6 nitrogen and oxygen atoms in total. The van der Waals surface area contributed by atoms with Crippen LogP contribution in [0.4, 0.5) is 10.8 Å². The van der Waals surface area contributed by atoms with E-state index in [9.17, 15) is 9.59 Å². The number of nitrogens with one attached hydrogen (secondary N) is 2. The number of hydrogen-bond donors (Lipinski definition) is 2. The first-order chi connectivity index (χ1) is 11.1. The normalized spacial score (nSPS) is 10.3. The lowest BCUT2D eigenvalue weighted by molar-refractivity contribution is 0.0993. The Balaban J connectivity index is 1.71. The molecule has 2 heterocycles. The molecule has 0 atom stereocenters. The van der Waals surface area contributed by atoms with Crippen LogP contribution in [-0.2, 0) is 0 Å². The van der Waals surface area contributed by atoms with E-state index < -0.39 is 0 Å². The summed E-state index contributed by atoms with van der Waals surface area (Å²) in [5, 5.41) is 5.95. The zero-order valence-corrected chi connectivity index (χ0v) is 13.0. The van der Waals surface area contributed by atoms with Gasteiger partial charge in [0.1, 0.15) is 0 Å². The third-order valence-corrected chi connectivity index (χ3v) is 3.80. The molecule has 0 unspecified atom stereocenters. The van der Waals surface area contributed by atoms with Crippen molar-refractivity contribution in [2.75, 3.05) is 10.6 Å². The minimum Gasteiger partial charge on any atom is -0.459 e. The Morgan fingerprint density at radius 1 is 1.13 bits per heavy atom. The van der Waals surface area contributed by atoms with Crippen LogP contribution in [0.5, 0.6) is 0 Å². The smallest absolute Gasteiger partial charge is 0.291 e. The van der Waals surface area contributed by atoms with Crippen LogP contribution in [0, 0.1) is 6.92 Å². The lowest BCUT2D eigenvalue weighted by Crippen LogP contribution is -2.14. The average Bonchev–Trinajstić information content (AvgIpc) is 3.19. The number of amides is 2. The molecule has 0 saturated carbocycles. The molecular weight excluding hydrogens is 314 g/mol. The predicted molar refractivity (Wildman–Crippen MR) is 87.9 cm³/mol. The van der Waals surface area contributed by atoms with Gasteiger partial charge in [-0.2, -0.15) is 0 Å². The predicted octanol–water partition coefficient (Wildman–Crippen LogP) is 3.55. The van der Waals surface area contributed by atoms with Crippen LogP contribution in [0.1, 0.15) is 25.8 Å². The fraction of sp³-hybridized carbons (Fsp3) is 0.0625. The van der Waals surface area contributed by atoms with Crippen molar-refractivity contribution >= 4 is 34.0 Å². The number of furan rings is 1. The van der Waals surface area contributed by atoms with E-state index in [1.165, 1.54) is 17.6 Å². The minimum atomic E-state index is -0.372. The highest BCUT2D eigenvalue weighted by Gasteiger charge is 2.12. The molecule has 0 aliphatic rings. The quantitative estimate of drug-likeness (QED) is 0.767. The van der Waals surface area contributed by atoms with E-state index >= 15 is 0 Å². The number of rotatable bonds is 4. The van der Waals surface area contributed by atoms with E-state index in [0.29, 0.717) is 16.4 Å². The van der Waals surface area contributed by atoms with Gasteiger partial charge < -0.3 is 9.73 Å². The molecule has 3 rings (SSSR count). The Morgan fingerprint density at radius 2 is 2.00 bits per heavy atom. The van der Waals surface area contributed by atoms with Crippen LogP contribution < -0.4 is 10.6 Å². The van der Waals surface area contributed by atoms with Crippen molar-refractivity contribution in [1.29, 1.82) is 0 Å². The molecule has 2 N–H and O–H groups in total. The summed E-state index contributed by atoms with van der Waals surface area (Å²) in [5.74, 6) is -0.449. The second-order valence-electron chi connectivity index (χ2n) is 4.74. The van der Waals surface area contributed by atoms with Crippen LogP contribution in [0.2, 0.25) is 0 Å². The first-order valence-electron chi connectivity index (χ1n) is 6.80. The highest BCUT2D eigenvalue weighted by Crippen LogP contribution is 2.19. The first kappa shape index (κ1) is 15.0. The highest BCUT2D eigenvalue weighted by molar-refractivity contribution is 7.15. The number of benzene rings is 1. The molecular formula is C16H13N3O3S. The zero-order chi connectivity index (χ0) is 16.2.